The van der Waals surface area contributed by atoms with Crippen LogP contribution in [0.3, 0.4) is 0 Å². The van der Waals surface area contributed by atoms with E-state index >= 15 is 0 Å². The molecule has 2 rings (SSSR count). The van der Waals surface area contributed by atoms with Gasteiger partial charge >= 0.3 is 0 Å². The third-order valence-electron chi connectivity index (χ3n) is 3.13. The van der Waals surface area contributed by atoms with Gasteiger partial charge in [-0.05, 0) is 17.7 Å². The van der Waals surface area contributed by atoms with E-state index in [0.717, 1.165) is 16.6 Å². The van der Waals surface area contributed by atoms with Crippen molar-refractivity contribution >= 4 is 11.0 Å². The number of nitrogens with zero attached hydrogens (tertiary/aromatic N) is 2. The summed E-state index contributed by atoms with van der Waals surface area (Å²) in [6.07, 6.45) is 1.19. The summed E-state index contributed by atoms with van der Waals surface area (Å²) in [4.78, 5) is 4.28. The van der Waals surface area contributed by atoms with Gasteiger partial charge in [0, 0.05) is 20.1 Å². The molecule has 0 aliphatic rings. The van der Waals surface area contributed by atoms with Crippen LogP contribution in [0.5, 0.6) is 0 Å². The monoisotopic (exact) mass is 279 g/mol. The first-order chi connectivity index (χ1) is 9.72. The zero-order valence-electron chi connectivity index (χ0n) is 11.6. The lowest BCUT2D eigenvalue weighted by Gasteiger charge is -2.12. The molecule has 1 aromatic heterocycles. The second kappa shape index (κ2) is 7.35. The van der Waals surface area contributed by atoms with E-state index < -0.39 is 6.10 Å². The fourth-order valence-electron chi connectivity index (χ4n) is 2.03. The van der Waals surface area contributed by atoms with Gasteiger partial charge in [0.1, 0.15) is 0 Å². The average molecular weight is 279 g/mol. The van der Waals surface area contributed by atoms with Crippen LogP contribution in [-0.2, 0) is 11.8 Å². The zero-order chi connectivity index (χ0) is 14.4. The first-order valence-electron chi connectivity index (χ1n) is 6.70. The molecule has 0 saturated carbocycles. The third-order valence-corrected chi connectivity index (χ3v) is 3.13. The van der Waals surface area contributed by atoms with Crippen LogP contribution in [0.1, 0.15) is 11.7 Å². The smallest absolute Gasteiger partial charge is 0.0955 e. The standard InChI is InChI=1S/C14H21N3O3/c1-17-10-16-12-8-11(2-3-13(12)17)14(19)9-15-4-6-20-7-5-18/h2-3,8,10,14-15,18-19H,4-7,9H2,1H3. The maximum Gasteiger partial charge on any atom is 0.0955 e. The van der Waals surface area contributed by atoms with Crippen molar-refractivity contribution < 1.29 is 14.9 Å². The first-order valence-corrected chi connectivity index (χ1v) is 6.70. The Labute approximate surface area is 118 Å². The topological polar surface area (TPSA) is 79.5 Å². The van der Waals surface area contributed by atoms with E-state index in [1.54, 1.807) is 6.33 Å². The average Bonchev–Trinajstić information content (AvgIpc) is 2.83. The number of fused-ring (bicyclic) bond motifs is 1. The SMILES string of the molecule is Cn1cnc2cc(C(O)CNCCOCCO)ccc21. The molecular formula is C14H21N3O3. The van der Waals surface area contributed by atoms with Gasteiger partial charge in [-0.3, -0.25) is 0 Å². The molecule has 1 heterocycles. The van der Waals surface area contributed by atoms with Crippen LogP contribution in [0.2, 0.25) is 0 Å². The van der Waals surface area contributed by atoms with Crippen LogP contribution in [-0.4, -0.2) is 52.7 Å². The highest BCUT2D eigenvalue weighted by atomic mass is 16.5. The van der Waals surface area contributed by atoms with Gasteiger partial charge in [-0.2, -0.15) is 0 Å². The Balaban J connectivity index is 1.83. The zero-order valence-corrected chi connectivity index (χ0v) is 11.6. The Kier molecular flexibility index (Phi) is 5.49. The van der Waals surface area contributed by atoms with Crippen LogP contribution in [0.25, 0.3) is 11.0 Å². The molecule has 1 aromatic carbocycles. The summed E-state index contributed by atoms with van der Waals surface area (Å²) in [6.45, 7) is 2.00. The lowest BCUT2D eigenvalue weighted by molar-refractivity contribution is 0.0910. The molecule has 20 heavy (non-hydrogen) atoms. The Morgan fingerprint density at radius 1 is 1.40 bits per heavy atom. The van der Waals surface area contributed by atoms with Gasteiger partial charge < -0.3 is 24.8 Å². The maximum atomic E-state index is 10.1. The molecule has 0 fully saturated rings. The fourth-order valence-corrected chi connectivity index (χ4v) is 2.03. The highest BCUT2D eigenvalue weighted by Crippen LogP contribution is 2.18. The quantitative estimate of drug-likeness (QED) is 0.602. The van der Waals surface area contributed by atoms with Gasteiger partial charge in [0.05, 0.1) is 43.3 Å². The number of ether oxygens (including phenoxy) is 1. The third kappa shape index (κ3) is 3.77. The summed E-state index contributed by atoms with van der Waals surface area (Å²) in [6, 6.07) is 5.79. The van der Waals surface area contributed by atoms with Gasteiger partial charge in [0.2, 0.25) is 0 Å². The molecule has 0 amide bonds. The molecule has 0 aliphatic carbocycles. The molecule has 1 unspecified atom stereocenters. The molecule has 1 atom stereocenters. The number of aromatic nitrogens is 2. The summed E-state index contributed by atoms with van der Waals surface area (Å²) < 4.78 is 7.07. The lowest BCUT2D eigenvalue weighted by atomic mass is 10.1. The molecule has 2 aromatic rings. The summed E-state index contributed by atoms with van der Waals surface area (Å²) in [5, 5.41) is 21.8. The summed E-state index contributed by atoms with van der Waals surface area (Å²) in [5.41, 5.74) is 2.78. The number of benzene rings is 1. The molecule has 6 heteroatoms. The van der Waals surface area contributed by atoms with Gasteiger partial charge in [-0.15, -0.1) is 0 Å². The van der Waals surface area contributed by atoms with Crippen molar-refractivity contribution in [3.05, 3.63) is 30.1 Å². The van der Waals surface area contributed by atoms with E-state index in [2.05, 4.69) is 10.3 Å². The van der Waals surface area contributed by atoms with Crippen molar-refractivity contribution in [1.29, 1.82) is 0 Å². The van der Waals surface area contributed by atoms with Gasteiger partial charge in [-0.25, -0.2) is 4.98 Å². The van der Waals surface area contributed by atoms with Crippen molar-refractivity contribution in [3.8, 4) is 0 Å². The molecule has 110 valence electrons. The van der Waals surface area contributed by atoms with Crippen LogP contribution < -0.4 is 5.32 Å². The first kappa shape index (κ1) is 14.9. The van der Waals surface area contributed by atoms with Crippen molar-refractivity contribution in [2.24, 2.45) is 7.05 Å². The van der Waals surface area contributed by atoms with Crippen LogP contribution in [0, 0.1) is 0 Å². The van der Waals surface area contributed by atoms with Crippen LogP contribution in [0.4, 0.5) is 0 Å². The molecule has 0 saturated heterocycles. The van der Waals surface area contributed by atoms with E-state index in [0.29, 0.717) is 26.3 Å². The second-order valence-corrected chi connectivity index (χ2v) is 4.66. The molecule has 6 nitrogen and oxygen atoms in total. The summed E-state index contributed by atoms with van der Waals surface area (Å²) in [7, 11) is 1.94. The Hall–Kier alpha value is -1.47. The number of nitrogens with one attached hydrogen (secondary N) is 1. The number of aryl methyl sites for hydroxylation is 1. The predicted octanol–water partition coefficient (Wildman–Crippen LogP) is 0.205. The molecule has 0 spiro atoms. The highest BCUT2D eigenvalue weighted by Gasteiger charge is 2.09. The van der Waals surface area contributed by atoms with Crippen molar-refractivity contribution in [1.82, 2.24) is 14.9 Å². The molecule has 0 bridgehead atoms. The molecular weight excluding hydrogens is 258 g/mol. The molecule has 0 aliphatic heterocycles. The lowest BCUT2D eigenvalue weighted by Crippen LogP contribution is -2.25. The summed E-state index contributed by atoms with van der Waals surface area (Å²) >= 11 is 0. The number of aliphatic hydroxyl groups is 2. The number of aliphatic hydroxyl groups excluding tert-OH is 2. The van der Waals surface area contributed by atoms with E-state index in [1.165, 1.54) is 0 Å². The van der Waals surface area contributed by atoms with Crippen LogP contribution in [0.15, 0.2) is 24.5 Å². The number of hydrogen-bond acceptors (Lipinski definition) is 5. The fraction of sp³-hybridized carbons (Fsp3) is 0.500. The van der Waals surface area contributed by atoms with Crippen molar-refractivity contribution in [3.63, 3.8) is 0 Å². The van der Waals surface area contributed by atoms with E-state index in [-0.39, 0.29) is 6.61 Å². The normalized spacial score (nSPS) is 12.9. The largest absolute Gasteiger partial charge is 0.394 e. The predicted molar refractivity (Wildman–Crippen MR) is 76.4 cm³/mol. The van der Waals surface area contributed by atoms with Gasteiger partial charge in [-0.1, -0.05) is 6.07 Å². The Morgan fingerprint density at radius 3 is 3.05 bits per heavy atom. The minimum absolute atomic E-state index is 0.0344. The maximum absolute atomic E-state index is 10.1. The minimum Gasteiger partial charge on any atom is -0.394 e. The molecule has 3 N–H and O–H groups in total. The van der Waals surface area contributed by atoms with Gasteiger partial charge in [0.25, 0.3) is 0 Å². The number of hydrogen-bond donors (Lipinski definition) is 3. The Morgan fingerprint density at radius 2 is 2.25 bits per heavy atom. The minimum atomic E-state index is -0.570. The molecule has 0 radical (unpaired) electrons. The van der Waals surface area contributed by atoms with Crippen molar-refractivity contribution in [2.75, 3.05) is 32.9 Å². The second-order valence-electron chi connectivity index (χ2n) is 4.66. The van der Waals surface area contributed by atoms with Gasteiger partial charge in [0.15, 0.2) is 0 Å². The highest BCUT2D eigenvalue weighted by molar-refractivity contribution is 5.76. The van der Waals surface area contributed by atoms with E-state index in [1.807, 2.05) is 29.8 Å². The van der Waals surface area contributed by atoms with E-state index in [4.69, 9.17) is 9.84 Å². The van der Waals surface area contributed by atoms with Crippen LogP contribution >= 0.6 is 0 Å². The Bertz CT molecular complexity index is 541. The van der Waals surface area contributed by atoms with Crippen molar-refractivity contribution in [2.45, 2.75) is 6.10 Å². The number of imidazole rings is 1. The number of rotatable bonds is 8. The summed E-state index contributed by atoms with van der Waals surface area (Å²) in [5.74, 6) is 0. The van der Waals surface area contributed by atoms with E-state index in [9.17, 15) is 5.11 Å².